The Labute approximate surface area is 125 Å². The molecule has 2 aromatic rings. The molecule has 2 atom stereocenters. The standard InChI is InChI=1S/C18H20N2O/c1-13-11-19-12-17(13)18(21)20-16-9-7-15(8-10-16)14-5-3-2-4-6-14/h2-10,13,17,19H,11-12H2,1H3,(H,20,21)/t13-,17-/m1/s1. The summed E-state index contributed by atoms with van der Waals surface area (Å²) in [4.78, 5) is 12.2. The molecule has 108 valence electrons. The fourth-order valence-electron chi connectivity index (χ4n) is 2.77. The highest BCUT2D eigenvalue weighted by molar-refractivity contribution is 5.93. The van der Waals surface area contributed by atoms with Crippen LogP contribution in [0.1, 0.15) is 6.92 Å². The topological polar surface area (TPSA) is 41.1 Å². The van der Waals surface area contributed by atoms with Gasteiger partial charge in [0.05, 0.1) is 5.92 Å². The van der Waals surface area contributed by atoms with Crippen molar-refractivity contribution in [1.82, 2.24) is 5.32 Å². The first-order valence-corrected chi connectivity index (χ1v) is 7.41. The van der Waals surface area contributed by atoms with Crippen LogP contribution in [0.15, 0.2) is 54.6 Å². The number of benzene rings is 2. The third kappa shape index (κ3) is 3.14. The Hall–Kier alpha value is -2.13. The Morgan fingerprint density at radius 1 is 1.00 bits per heavy atom. The highest BCUT2D eigenvalue weighted by Crippen LogP contribution is 2.22. The minimum Gasteiger partial charge on any atom is -0.326 e. The van der Waals surface area contributed by atoms with Crippen molar-refractivity contribution in [1.29, 1.82) is 0 Å². The zero-order valence-corrected chi connectivity index (χ0v) is 12.2. The first-order valence-electron chi connectivity index (χ1n) is 7.41. The van der Waals surface area contributed by atoms with Crippen molar-refractivity contribution in [3.05, 3.63) is 54.6 Å². The molecule has 0 aliphatic carbocycles. The smallest absolute Gasteiger partial charge is 0.229 e. The van der Waals surface area contributed by atoms with Crippen LogP contribution in [-0.2, 0) is 4.79 Å². The van der Waals surface area contributed by atoms with E-state index in [1.165, 1.54) is 5.56 Å². The zero-order chi connectivity index (χ0) is 14.7. The number of rotatable bonds is 3. The van der Waals surface area contributed by atoms with E-state index in [1.54, 1.807) is 0 Å². The SMILES string of the molecule is C[C@@H]1CNC[C@H]1C(=O)Nc1ccc(-c2ccccc2)cc1. The fourth-order valence-corrected chi connectivity index (χ4v) is 2.77. The molecule has 3 rings (SSSR count). The summed E-state index contributed by atoms with van der Waals surface area (Å²) in [5.41, 5.74) is 3.20. The summed E-state index contributed by atoms with van der Waals surface area (Å²) in [6.07, 6.45) is 0. The summed E-state index contributed by atoms with van der Waals surface area (Å²) >= 11 is 0. The molecule has 2 aromatic carbocycles. The quantitative estimate of drug-likeness (QED) is 0.907. The van der Waals surface area contributed by atoms with E-state index >= 15 is 0 Å². The molecule has 1 saturated heterocycles. The molecule has 0 spiro atoms. The van der Waals surface area contributed by atoms with Crippen molar-refractivity contribution in [2.24, 2.45) is 11.8 Å². The Balaban J connectivity index is 1.69. The van der Waals surface area contributed by atoms with Crippen LogP contribution in [0.3, 0.4) is 0 Å². The number of amides is 1. The summed E-state index contributed by atoms with van der Waals surface area (Å²) in [6, 6.07) is 18.2. The van der Waals surface area contributed by atoms with Crippen LogP contribution < -0.4 is 10.6 Å². The second-order valence-corrected chi connectivity index (χ2v) is 5.67. The number of carbonyl (C=O) groups is 1. The molecule has 1 fully saturated rings. The van der Waals surface area contributed by atoms with E-state index in [-0.39, 0.29) is 11.8 Å². The highest BCUT2D eigenvalue weighted by Gasteiger charge is 2.29. The van der Waals surface area contributed by atoms with Crippen LogP contribution in [-0.4, -0.2) is 19.0 Å². The molecule has 2 N–H and O–H groups in total. The summed E-state index contributed by atoms with van der Waals surface area (Å²) < 4.78 is 0. The monoisotopic (exact) mass is 280 g/mol. The van der Waals surface area contributed by atoms with Gasteiger partial charge in [-0.2, -0.15) is 0 Å². The van der Waals surface area contributed by atoms with Crippen molar-refractivity contribution < 1.29 is 4.79 Å². The molecule has 1 aliphatic heterocycles. The van der Waals surface area contributed by atoms with Gasteiger partial charge in [0, 0.05) is 12.2 Å². The minimum absolute atomic E-state index is 0.0683. The molecular weight excluding hydrogens is 260 g/mol. The maximum absolute atomic E-state index is 12.2. The van der Waals surface area contributed by atoms with Crippen molar-refractivity contribution in [3.63, 3.8) is 0 Å². The van der Waals surface area contributed by atoms with Crippen LogP contribution in [0.4, 0.5) is 5.69 Å². The Morgan fingerprint density at radius 2 is 1.67 bits per heavy atom. The van der Waals surface area contributed by atoms with Gasteiger partial charge in [0.15, 0.2) is 0 Å². The van der Waals surface area contributed by atoms with Crippen molar-refractivity contribution in [2.45, 2.75) is 6.92 Å². The van der Waals surface area contributed by atoms with Crippen LogP contribution in [0.25, 0.3) is 11.1 Å². The molecule has 0 unspecified atom stereocenters. The number of anilines is 1. The molecule has 1 amide bonds. The van der Waals surface area contributed by atoms with Gasteiger partial charge in [-0.05, 0) is 35.7 Å². The highest BCUT2D eigenvalue weighted by atomic mass is 16.1. The number of nitrogens with one attached hydrogen (secondary N) is 2. The summed E-state index contributed by atoms with van der Waals surface area (Å²) in [7, 11) is 0. The van der Waals surface area contributed by atoms with E-state index in [9.17, 15) is 4.79 Å². The Morgan fingerprint density at radius 3 is 2.29 bits per heavy atom. The van der Waals surface area contributed by atoms with Gasteiger partial charge in [-0.15, -0.1) is 0 Å². The number of hydrogen-bond donors (Lipinski definition) is 2. The van der Waals surface area contributed by atoms with Crippen molar-refractivity contribution >= 4 is 11.6 Å². The second kappa shape index (κ2) is 6.10. The normalized spacial score (nSPS) is 21.2. The van der Waals surface area contributed by atoms with Gasteiger partial charge in [-0.25, -0.2) is 0 Å². The molecule has 1 aliphatic rings. The van der Waals surface area contributed by atoms with E-state index in [1.807, 2.05) is 42.5 Å². The van der Waals surface area contributed by atoms with Crippen molar-refractivity contribution in [2.75, 3.05) is 18.4 Å². The molecular formula is C18H20N2O. The summed E-state index contributed by atoms with van der Waals surface area (Å²) in [5, 5.41) is 6.27. The van der Waals surface area contributed by atoms with E-state index in [2.05, 4.69) is 29.7 Å². The third-order valence-electron chi connectivity index (χ3n) is 4.11. The lowest BCUT2D eigenvalue weighted by Gasteiger charge is -2.14. The van der Waals surface area contributed by atoms with Gasteiger partial charge in [0.1, 0.15) is 0 Å². The van der Waals surface area contributed by atoms with E-state index in [0.29, 0.717) is 5.92 Å². The summed E-state index contributed by atoms with van der Waals surface area (Å²) in [5.74, 6) is 0.576. The number of carbonyl (C=O) groups excluding carboxylic acids is 1. The molecule has 1 heterocycles. The van der Waals surface area contributed by atoms with Gasteiger partial charge >= 0.3 is 0 Å². The maximum Gasteiger partial charge on any atom is 0.229 e. The summed E-state index contributed by atoms with van der Waals surface area (Å²) in [6.45, 7) is 3.81. The molecule has 0 bridgehead atoms. The lowest BCUT2D eigenvalue weighted by atomic mass is 9.97. The predicted octanol–water partition coefficient (Wildman–Crippen LogP) is 3.15. The van der Waals surface area contributed by atoms with Crippen molar-refractivity contribution in [3.8, 4) is 11.1 Å². The molecule has 0 radical (unpaired) electrons. The first kappa shape index (κ1) is 13.8. The zero-order valence-electron chi connectivity index (χ0n) is 12.2. The van der Waals surface area contributed by atoms with Gasteiger partial charge < -0.3 is 10.6 Å². The van der Waals surface area contributed by atoms with Crippen LogP contribution >= 0.6 is 0 Å². The molecule has 3 nitrogen and oxygen atoms in total. The van der Waals surface area contributed by atoms with Gasteiger partial charge in [0.2, 0.25) is 5.91 Å². The molecule has 0 saturated carbocycles. The van der Waals surface area contributed by atoms with Crippen LogP contribution in [0.5, 0.6) is 0 Å². The van der Waals surface area contributed by atoms with Gasteiger partial charge in [-0.3, -0.25) is 4.79 Å². The van der Waals surface area contributed by atoms with E-state index in [0.717, 1.165) is 24.3 Å². The lowest BCUT2D eigenvalue weighted by molar-refractivity contribution is -0.120. The lowest BCUT2D eigenvalue weighted by Crippen LogP contribution is -2.27. The van der Waals surface area contributed by atoms with Gasteiger partial charge in [-0.1, -0.05) is 49.4 Å². The first-order chi connectivity index (χ1) is 10.2. The minimum atomic E-state index is 0.0683. The third-order valence-corrected chi connectivity index (χ3v) is 4.11. The second-order valence-electron chi connectivity index (χ2n) is 5.67. The number of hydrogen-bond acceptors (Lipinski definition) is 2. The largest absolute Gasteiger partial charge is 0.326 e. The fraction of sp³-hybridized carbons (Fsp3) is 0.278. The van der Waals surface area contributed by atoms with Crippen LogP contribution in [0.2, 0.25) is 0 Å². The van der Waals surface area contributed by atoms with E-state index < -0.39 is 0 Å². The predicted molar refractivity (Wildman–Crippen MR) is 86.0 cm³/mol. The molecule has 3 heteroatoms. The average molecular weight is 280 g/mol. The van der Waals surface area contributed by atoms with Gasteiger partial charge in [0.25, 0.3) is 0 Å². The Bertz CT molecular complexity index is 607. The molecule has 0 aromatic heterocycles. The maximum atomic E-state index is 12.2. The Kier molecular flexibility index (Phi) is 4.02. The van der Waals surface area contributed by atoms with E-state index in [4.69, 9.17) is 0 Å². The molecule has 21 heavy (non-hydrogen) atoms. The van der Waals surface area contributed by atoms with Crippen LogP contribution in [0, 0.1) is 11.8 Å². The average Bonchev–Trinajstić information content (AvgIpc) is 2.95.